The van der Waals surface area contributed by atoms with Crippen LogP contribution in [0.2, 0.25) is 0 Å². The van der Waals surface area contributed by atoms with E-state index >= 15 is 0 Å². The zero-order valence-electron chi connectivity index (χ0n) is 13.8. The lowest BCUT2D eigenvalue weighted by Gasteiger charge is -2.22. The monoisotopic (exact) mass is 299 g/mol. The molecule has 1 N–H and O–H groups in total. The Hall–Kier alpha value is -2.03. The van der Waals surface area contributed by atoms with E-state index in [0.717, 1.165) is 11.1 Å². The van der Waals surface area contributed by atoms with Crippen LogP contribution >= 0.6 is 0 Å². The number of ether oxygens (including phenoxy) is 1. The van der Waals surface area contributed by atoms with Crippen molar-refractivity contribution < 1.29 is 9.53 Å². The maximum absolute atomic E-state index is 12.3. The lowest BCUT2D eigenvalue weighted by Crippen LogP contribution is -2.44. The topological polar surface area (TPSA) is 38.3 Å². The number of carbonyl (C=O) groups excluding carboxylic acids is 1. The van der Waals surface area contributed by atoms with Gasteiger partial charge in [-0.2, -0.15) is 0 Å². The summed E-state index contributed by atoms with van der Waals surface area (Å²) in [6, 6.07) is 14.2. The molecule has 3 heteroatoms. The van der Waals surface area contributed by atoms with Crippen LogP contribution in [-0.2, 0) is 4.79 Å². The van der Waals surface area contributed by atoms with E-state index in [4.69, 9.17) is 4.74 Å². The first kappa shape index (κ1) is 16.3. The maximum Gasteiger partial charge on any atom is 0.261 e. The van der Waals surface area contributed by atoms with Gasteiger partial charge in [0.15, 0.2) is 6.10 Å². The second kappa shape index (κ2) is 7.30. The molecule has 22 heavy (non-hydrogen) atoms. The molecule has 2 atom stereocenters. The molecule has 0 heterocycles. The zero-order valence-corrected chi connectivity index (χ0v) is 13.8. The summed E-state index contributed by atoms with van der Waals surface area (Å²) in [4.78, 5) is 12.3. The number of rotatable bonds is 6. The lowest BCUT2D eigenvalue weighted by atomic mass is 10.1. The summed E-state index contributed by atoms with van der Waals surface area (Å²) in [7, 11) is 0. The van der Waals surface area contributed by atoms with Crippen molar-refractivity contribution in [3.05, 3.63) is 42.5 Å². The fourth-order valence-electron chi connectivity index (χ4n) is 2.21. The summed E-state index contributed by atoms with van der Waals surface area (Å²) < 4.78 is 5.90. The van der Waals surface area contributed by atoms with Gasteiger partial charge in [-0.15, -0.1) is 0 Å². The first-order valence-corrected chi connectivity index (χ1v) is 7.97. The van der Waals surface area contributed by atoms with Crippen molar-refractivity contribution in [3.8, 4) is 5.75 Å². The summed E-state index contributed by atoms with van der Waals surface area (Å²) in [6.07, 6.45) is 0.186. The largest absolute Gasteiger partial charge is 0.481 e. The van der Waals surface area contributed by atoms with E-state index in [2.05, 4.69) is 25.2 Å². The Morgan fingerprint density at radius 1 is 1.09 bits per heavy atom. The first-order valence-electron chi connectivity index (χ1n) is 7.97. The average molecular weight is 299 g/mol. The molecule has 0 radical (unpaired) electrons. The van der Waals surface area contributed by atoms with Gasteiger partial charge in [-0.3, -0.25) is 4.79 Å². The minimum Gasteiger partial charge on any atom is -0.481 e. The van der Waals surface area contributed by atoms with Crippen LogP contribution in [0.25, 0.3) is 10.8 Å². The maximum atomic E-state index is 12.3. The Morgan fingerprint density at radius 3 is 2.41 bits per heavy atom. The van der Waals surface area contributed by atoms with Gasteiger partial charge >= 0.3 is 0 Å². The van der Waals surface area contributed by atoms with Crippen LogP contribution in [0.15, 0.2) is 42.5 Å². The van der Waals surface area contributed by atoms with E-state index in [1.165, 1.54) is 5.39 Å². The van der Waals surface area contributed by atoms with Crippen molar-refractivity contribution in [1.82, 2.24) is 5.32 Å². The van der Waals surface area contributed by atoms with Crippen LogP contribution in [0, 0.1) is 5.92 Å². The van der Waals surface area contributed by atoms with E-state index in [-0.39, 0.29) is 11.9 Å². The number of carbonyl (C=O) groups is 1. The Balaban J connectivity index is 2.09. The van der Waals surface area contributed by atoms with Crippen LogP contribution < -0.4 is 10.1 Å². The van der Waals surface area contributed by atoms with E-state index < -0.39 is 6.10 Å². The molecule has 0 aliphatic rings. The van der Waals surface area contributed by atoms with Crippen molar-refractivity contribution in [2.24, 2.45) is 5.92 Å². The van der Waals surface area contributed by atoms with Gasteiger partial charge < -0.3 is 10.1 Å². The van der Waals surface area contributed by atoms with Gasteiger partial charge in [-0.1, -0.05) is 51.1 Å². The highest BCUT2D eigenvalue weighted by atomic mass is 16.5. The number of amides is 1. The molecule has 2 rings (SSSR count). The molecule has 0 aliphatic heterocycles. The van der Waals surface area contributed by atoms with Crippen molar-refractivity contribution in [2.75, 3.05) is 0 Å². The summed E-state index contributed by atoms with van der Waals surface area (Å²) in [5.41, 5.74) is 0. The van der Waals surface area contributed by atoms with Gasteiger partial charge in [-0.25, -0.2) is 0 Å². The lowest BCUT2D eigenvalue weighted by molar-refractivity contribution is -0.129. The molecule has 2 aromatic rings. The van der Waals surface area contributed by atoms with Crippen molar-refractivity contribution in [1.29, 1.82) is 0 Å². The van der Waals surface area contributed by atoms with Gasteiger partial charge in [0.05, 0.1) is 0 Å². The van der Waals surface area contributed by atoms with Gasteiger partial charge in [0.1, 0.15) is 5.75 Å². The smallest absolute Gasteiger partial charge is 0.261 e. The van der Waals surface area contributed by atoms with E-state index in [0.29, 0.717) is 12.3 Å². The molecule has 0 unspecified atom stereocenters. The first-order chi connectivity index (χ1) is 10.5. The number of hydrogen-bond donors (Lipinski definition) is 1. The molecule has 0 bridgehead atoms. The van der Waals surface area contributed by atoms with Crippen molar-refractivity contribution >= 4 is 16.7 Å². The Morgan fingerprint density at radius 2 is 1.77 bits per heavy atom. The van der Waals surface area contributed by atoms with E-state index in [1.54, 1.807) is 0 Å². The molecule has 0 saturated carbocycles. The fourth-order valence-corrected chi connectivity index (χ4v) is 2.21. The predicted octanol–water partition coefficient (Wildman–Crippen LogP) is 4.16. The molecule has 0 fully saturated rings. The second-order valence-corrected chi connectivity index (χ2v) is 6.06. The van der Waals surface area contributed by atoms with E-state index in [9.17, 15) is 4.79 Å². The predicted molar refractivity (Wildman–Crippen MR) is 91.1 cm³/mol. The SMILES string of the molecule is CC[C@H](Oc1ccc2ccccc2c1)C(=O)N[C@H](C)C(C)C. The number of nitrogens with one attached hydrogen (secondary N) is 1. The molecule has 1 amide bonds. The highest BCUT2D eigenvalue weighted by Gasteiger charge is 2.21. The Labute approximate surface area is 132 Å². The quantitative estimate of drug-likeness (QED) is 0.870. The van der Waals surface area contributed by atoms with Crippen LogP contribution in [0.4, 0.5) is 0 Å². The molecule has 0 spiro atoms. The Kier molecular flexibility index (Phi) is 5.42. The summed E-state index contributed by atoms with van der Waals surface area (Å²) in [5.74, 6) is 1.09. The second-order valence-electron chi connectivity index (χ2n) is 6.06. The average Bonchev–Trinajstić information content (AvgIpc) is 2.52. The van der Waals surface area contributed by atoms with Gasteiger partial charge in [0.2, 0.25) is 0 Å². The highest BCUT2D eigenvalue weighted by Crippen LogP contribution is 2.22. The summed E-state index contributed by atoms with van der Waals surface area (Å²) in [6.45, 7) is 8.17. The minimum absolute atomic E-state index is 0.0446. The van der Waals surface area contributed by atoms with E-state index in [1.807, 2.05) is 50.2 Å². The summed E-state index contributed by atoms with van der Waals surface area (Å²) in [5, 5.41) is 5.31. The van der Waals surface area contributed by atoms with Gasteiger partial charge in [-0.05, 0) is 42.2 Å². The van der Waals surface area contributed by atoms with Crippen LogP contribution in [0.5, 0.6) is 5.75 Å². The van der Waals surface area contributed by atoms with Gasteiger partial charge in [0, 0.05) is 6.04 Å². The zero-order chi connectivity index (χ0) is 16.1. The molecule has 0 saturated heterocycles. The number of hydrogen-bond acceptors (Lipinski definition) is 2. The molecule has 0 aromatic heterocycles. The molecule has 0 aliphatic carbocycles. The number of fused-ring (bicyclic) bond motifs is 1. The highest BCUT2D eigenvalue weighted by molar-refractivity contribution is 5.84. The molecular weight excluding hydrogens is 274 g/mol. The third kappa shape index (κ3) is 4.00. The molecule has 3 nitrogen and oxygen atoms in total. The number of benzene rings is 2. The van der Waals surface area contributed by atoms with Gasteiger partial charge in [0.25, 0.3) is 5.91 Å². The third-order valence-electron chi connectivity index (χ3n) is 4.03. The fraction of sp³-hybridized carbons (Fsp3) is 0.421. The molecular formula is C19H25NO2. The molecule has 118 valence electrons. The van der Waals surface area contributed by atoms with Crippen molar-refractivity contribution in [3.63, 3.8) is 0 Å². The third-order valence-corrected chi connectivity index (χ3v) is 4.03. The summed E-state index contributed by atoms with van der Waals surface area (Å²) >= 11 is 0. The standard InChI is InChI=1S/C19H25NO2/c1-5-18(19(21)20-14(4)13(2)3)22-17-11-10-15-8-6-7-9-16(15)12-17/h6-14,18H,5H2,1-4H3,(H,20,21)/t14-,18+/m1/s1. The van der Waals surface area contributed by atoms with Crippen LogP contribution in [-0.4, -0.2) is 18.1 Å². The minimum atomic E-state index is -0.456. The van der Waals surface area contributed by atoms with Crippen LogP contribution in [0.3, 0.4) is 0 Å². The Bertz CT molecular complexity index is 636. The van der Waals surface area contributed by atoms with Crippen LogP contribution in [0.1, 0.15) is 34.1 Å². The molecule has 2 aromatic carbocycles. The normalized spacial score (nSPS) is 13.9. The van der Waals surface area contributed by atoms with Crippen molar-refractivity contribution in [2.45, 2.75) is 46.3 Å².